The zero-order valence-electron chi connectivity index (χ0n) is 16.0. The Morgan fingerprint density at radius 2 is 1.75 bits per heavy atom. The molecule has 0 aromatic heterocycles. The van der Waals surface area contributed by atoms with Gasteiger partial charge in [-0.2, -0.15) is 13.2 Å². The molecule has 1 aliphatic rings. The topological polar surface area (TPSA) is 66.4 Å². The van der Waals surface area contributed by atoms with Crippen molar-refractivity contribution < 1.29 is 27.4 Å². The van der Waals surface area contributed by atoms with Crippen molar-refractivity contribution in [1.82, 2.24) is 15.1 Å². The van der Waals surface area contributed by atoms with E-state index in [9.17, 15) is 18.0 Å². The number of amides is 1. The highest BCUT2D eigenvalue weighted by molar-refractivity contribution is 5.80. The number of hydrogen-bond donors (Lipinski definition) is 1. The third-order valence-corrected chi connectivity index (χ3v) is 4.09. The number of alkyl halides is 3. The maximum absolute atomic E-state index is 12.2. The SMILES string of the molecule is CCOC(=O)N1CCN(C(=NC)NCc2ccc(OCC(F)(F)F)cc2)CC1. The lowest BCUT2D eigenvalue weighted by molar-refractivity contribution is -0.153. The Bertz CT molecular complexity index is 657. The van der Waals surface area contributed by atoms with Crippen LogP contribution in [0.2, 0.25) is 0 Å². The van der Waals surface area contributed by atoms with Crippen LogP contribution in [0.3, 0.4) is 0 Å². The van der Waals surface area contributed by atoms with E-state index in [1.165, 1.54) is 12.1 Å². The molecule has 1 aromatic carbocycles. The van der Waals surface area contributed by atoms with Crippen molar-refractivity contribution >= 4 is 12.1 Å². The smallest absolute Gasteiger partial charge is 0.422 e. The molecule has 0 unspecified atom stereocenters. The molecule has 28 heavy (non-hydrogen) atoms. The minimum atomic E-state index is -4.36. The second kappa shape index (κ2) is 10.0. The zero-order chi connectivity index (χ0) is 20.6. The number of rotatable bonds is 5. The molecule has 0 atom stereocenters. The van der Waals surface area contributed by atoms with Crippen LogP contribution in [0.15, 0.2) is 29.3 Å². The molecule has 1 fully saturated rings. The molecule has 2 rings (SSSR count). The first-order valence-electron chi connectivity index (χ1n) is 8.98. The first-order chi connectivity index (χ1) is 13.3. The molecule has 1 aromatic rings. The number of carbonyl (C=O) groups excluding carboxylic acids is 1. The van der Waals surface area contributed by atoms with E-state index in [-0.39, 0.29) is 11.8 Å². The first-order valence-corrected chi connectivity index (χ1v) is 8.98. The summed E-state index contributed by atoms with van der Waals surface area (Å²) in [7, 11) is 1.67. The summed E-state index contributed by atoms with van der Waals surface area (Å²) in [4.78, 5) is 19.7. The molecule has 7 nitrogen and oxygen atoms in total. The normalized spacial score (nSPS) is 15.4. The Morgan fingerprint density at radius 1 is 1.14 bits per heavy atom. The van der Waals surface area contributed by atoms with E-state index < -0.39 is 12.8 Å². The number of aliphatic imine (C=N–C) groups is 1. The number of piperazine rings is 1. The van der Waals surface area contributed by atoms with Crippen molar-refractivity contribution in [2.24, 2.45) is 4.99 Å². The standard InChI is InChI=1S/C18H25F3N4O3/c1-3-27-17(26)25-10-8-24(9-11-25)16(22-2)23-12-14-4-6-15(7-5-14)28-13-18(19,20)21/h4-7H,3,8-13H2,1-2H3,(H,22,23). The highest BCUT2D eigenvalue weighted by Crippen LogP contribution is 2.18. The van der Waals surface area contributed by atoms with Crippen molar-refractivity contribution in [3.8, 4) is 5.75 Å². The number of benzene rings is 1. The van der Waals surface area contributed by atoms with Gasteiger partial charge in [-0.25, -0.2) is 4.79 Å². The predicted octanol–water partition coefficient (Wildman–Crippen LogP) is 2.48. The molecule has 0 spiro atoms. The lowest BCUT2D eigenvalue weighted by Gasteiger charge is -2.35. The van der Waals surface area contributed by atoms with E-state index in [4.69, 9.17) is 9.47 Å². The van der Waals surface area contributed by atoms with Gasteiger partial charge in [-0.15, -0.1) is 0 Å². The van der Waals surface area contributed by atoms with E-state index in [1.807, 2.05) is 4.90 Å². The molecular weight excluding hydrogens is 377 g/mol. The number of carbonyl (C=O) groups is 1. The zero-order valence-corrected chi connectivity index (χ0v) is 16.0. The van der Waals surface area contributed by atoms with Crippen LogP contribution in [0.5, 0.6) is 5.75 Å². The van der Waals surface area contributed by atoms with Crippen LogP contribution in [-0.2, 0) is 11.3 Å². The van der Waals surface area contributed by atoms with Crippen LogP contribution in [0.1, 0.15) is 12.5 Å². The van der Waals surface area contributed by atoms with Crippen molar-refractivity contribution in [2.75, 3.05) is 46.4 Å². The van der Waals surface area contributed by atoms with Gasteiger partial charge in [0.05, 0.1) is 6.61 Å². The second-order valence-electron chi connectivity index (χ2n) is 6.12. The molecule has 0 bridgehead atoms. The molecule has 1 N–H and O–H groups in total. The van der Waals surface area contributed by atoms with Crippen LogP contribution in [0.4, 0.5) is 18.0 Å². The van der Waals surface area contributed by atoms with Crippen LogP contribution in [0.25, 0.3) is 0 Å². The van der Waals surface area contributed by atoms with Crippen LogP contribution >= 0.6 is 0 Å². The number of nitrogens with zero attached hydrogens (tertiary/aromatic N) is 3. The molecule has 1 heterocycles. The fraction of sp³-hybridized carbons (Fsp3) is 0.556. The van der Waals surface area contributed by atoms with E-state index >= 15 is 0 Å². The van der Waals surface area contributed by atoms with Crippen molar-refractivity contribution in [3.63, 3.8) is 0 Å². The lowest BCUT2D eigenvalue weighted by Crippen LogP contribution is -2.53. The molecule has 1 aliphatic heterocycles. The Balaban J connectivity index is 1.80. The molecule has 156 valence electrons. The molecule has 0 aliphatic carbocycles. The summed E-state index contributed by atoms with van der Waals surface area (Å²) in [6.45, 7) is 3.62. The van der Waals surface area contributed by atoms with E-state index in [0.29, 0.717) is 45.3 Å². The second-order valence-corrected chi connectivity index (χ2v) is 6.12. The fourth-order valence-corrected chi connectivity index (χ4v) is 2.70. The average molecular weight is 402 g/mol. The molecule has 0 saturated carbocycles. The summed E-state index contributed by atoms with van der Waals surface area (Å²) in [5.74, 6) is 0.862. The van der Waals surface area contributed by atoms with Gasteiger partial charge in [0.15, 0.2) is 12.6 Å². The molecule has 10 heteroatoms. The van der Waals surface area contributed by atoms with E-state index in [2.05, 4.69) is 10.3 Å². The van der Waals surface area contributed by atoms with Gasteiger partial charge in [0, 0.05) is 39.8 Å². The summed E-state index contributed by atoms with van der Waals surface area (Å²) in [5.41, 5.74) is 0.880. The average Bonchev–Trinajstić information content (AvgIpc) is 2.68. The van der Waals surface area contributed by atoms with E-state index in [0.717, 1.165) is 5.56 Å². The number of halogens is 3. The summed E-state index contributed by atoms with van der Waals surface area (Å²) in [6, 6.07) is 6.41. The van der Waals surface area contributed by atoms with Crippen molar-refractivity contribution in [2.45, 2.75) is 19.6 Å². The highest BCUT2D eigenvalue weighted by atomic mass is 19.4. The number of hydrogen-bond acceptors (Lipinski definition) is 4. The third-order valence-electron chi connectivity index (χ3n) is 4.09. The summed E-state index contributed by atoms with van der Waals surface area (Å²) >= 11 is 0. The van der Waals surface area contributed by atoms with Gasteiger partial charge in [0.1, 0.15) is 5.75 Å². The first kappa shape index (κ1) is 21.6. The molecule has 1 saturated heterocycles. The number of ether oxygens (including phenoxy) is 2. The summed E-state index contributed by atoms with van der Waals surface area (Å²) in [6.07, 6.45) is -4.66. The molecule has 0 radical (unpaired) electrons. The quantitative estimate of drug-likeness (QED) is 0.606. The largest absolute Gasteiger partial charge is 0.484 e. The lowest BCUT2D eigenvalue weighted by atomic mass is 10.2. The maximum atomic E-state index is 12.2. The maximum Gasteiger partial charge on any atom is 0.422 e. The van der Waals surface area contributed by atoms with Crippen molar-refractivity contribution in [3.05, 3.63) is 29.8 Å². The van der Waals surface area contributed by atoms with Gasteiger partial charge in [0.2, 0.25) is 0 Å². The highest BCUT2D eigenvalue weighted by Gasteiger charge is 2.28. The van der Waals surface area contributed by atoms with Gasteiger partial charge in [0.25, 0.3) is 0 Å². The van der Waals surface area contributed by atoms with Crippen molar-refractivity contribution in [1.29, 1.82) is 0 Å². The van der Waals surface area contributed by atoms with Gasteiger partial charge < -0.3 is 24.6 Å². The minimum Gasteiger partial charge on any atom is -0.484 e. The minimum absolute atomic E-state index is 0.167. The number of nitrogens with one attached hydrogen (secondary N) is 1. The predicted molar refractivity (Wildman–Crippen MR) is 98.4 cm³/mol. The summed E-state index contributed by atoms with van der Waals surface area (Å²) in [5, 5.41) is 3.22. The number of guanidine groups is 1. The van der Waals surface area contributed by atoms with Crippen LogP contribution in [-0.4, -0.2) is 74.5 Å². The molecular formula is C18H25F3N4O3. The Kier molecular flexibility index (Phi) is 7.77. The third kappa shape index (κ3) is 6.82. The summed E-state index contributed by atoms with van der Waals surface area (Å²) < 4.78 is 46.2. The van der Waals surface area contributed by atoms with Gasteiger partial charge in [-0.05, 0) is 24.6 Å². The molecule has 1 amide bonds. The fourth-order valence-electron chi connectivity index (χ4n) is 2.70. The Morgan fingerprint density at radius 3 is 2.29 bits per heavy atom. The van der Waals surface area contributed by atoms with E-state index in [1.54, 1.807) is 31.0 Å². The Hall–Kier alpha value is -2.65. The van der Waals surface area contributed by atoms with Crippen LogP contribution in [0, 0.1) is 0 Å². The van der Waals surface area contributed by atoms with Crippen LogP contribution < -0.4 is 10.1 Å². The van der Waals surface area contributed by atoms with Gasteiger partial charge in [-0.3, -0.25) is 4.99 Å². The van der Waals surface area contributed by atoms with Gasteiger partial charge >= 0.3 is 12.3 Å². The van der Waals surface area contributed by atoms with Gasteiger partial charge in [-0.1, -0.05) is 12.1 Å². The Labute approximate surface area is 162 Å². The monoisotopic (exact) mass is 402 g/mol.